The van der Waals surface area contributed by atoms with E-state index >= 15 is 0 Å². The molecular weight excluding hydrogens is 325 g/mol. The minimum atomic E-state index is -0.120. The summed E-state index contributed by atoms with van der Waals surface area (Å²) in [6, 6.07) is 5.25. The maximum absolute atomic E-state index is 12.0. The van der Waals surface area contributed by atoms with E-state index < -0.39 is 0 Å². The molecule has 0 heterocycles. The van der Waals surface area contributed by atoms with Gasteiger partial charge < -0.3 is 5.32 Å². The highest BCUT2D eigenvalue weighted by Crippen LogP contribution is 2.19. The Labute approximate surface area is 120 Å². The van der Waals surface area contributed by atoms with Crippen molar-refractivity contribution in [2.24, 2.45) is 0 Å². The molecule has 1 aromatic carbocycles. The molecule has 0 aliphatic carbocycles. The molecule has 0 saturated heterocycles. The molecule has 1 atom stereocenters. The number of amides is 1. The van der Waals surface area contributed by atoms with E-state index in [2.05, 4.69) is 21.2 Å². The highest BCUT2D eigenvalue weighted by atomic mass is 79.9. The third-order valence-corrected chi connectivity index (χ3v) is 3.30. The van der Waals surface area contributed by atoms with Gasteiger partial charge in [-0.2, -0.15) is 0 Å². The number of carbonyl (C=O) groups excluding carboxylic acids is 1. The van der Waals surface area contributed by atoms with Gasteiger partial charge in [0, 0.05) is 27.0 Å². The van der Waals surface area contributed by atoms with Crippen molar-refractivity contribution in [1.82, 2.24) is 5.32 Å². The summed E-state index contributed by atoms with van der Waals surface area (Å²) in [5, 5.41) is 3.47. The quantitative estimate of drug-likeness (QED) is 0.799. The SMILES string of the molecule is CCC(CCCl)NC(=O)c1cc(Cl)cc(Br)c1. The van der Waals surface area contributed by atoms with E-state index in [0.29, 0.717) is 16.5 Å². The van der Waals surface area contributed by atoms with Gasteiger partial charge in [0.15, 0.2) is 0 Å². The molecule has 0 bridgehead atoms. The Kier molecular flexibility index (Phi) is 6.31. The fourth-order valence-corrected chi connectivity index (χ4v) is 2.59. The van der Waals surface area contributed by atoms with Crippen LogP contribution in [0, 0.1) is 0 Å². The molecule has 94 valence electrons. The largest absolute Gasteiger partial charge is 0.349 e. The molecule has 0 radical (unpaired) electrons. The van der Waals surface area contributed by atoms with Gasteiger partial charge in [-0.15, -0.1) is 11.6 Å². The van der Waals surface area contributed by atoms with Crippen LogP contribution in [0.3, 0.4) is 0 Å². The van der Waals surface area contributed by atoms with Crippen LogP contribution in [0.15, 0.2) is 22.7 Å². The maximum Gasteiger partial charge on any atom is 0.251 e. The van der Waals surface area contributed by atoms with Crippen LogP contribution in [0.5, 0.6) is 0 Å². The van der Waals surface area contributed by atoms with Crippen molar-refractivity contribution in [3.8, 4) is 0 Å². The Balaban J connectivity index is 2.75. The summed E-state index contributed by atoms with van der Waals surface area (Å²) < 4.78 is 0.792. The predicted molar refractivity (Wildman–Crippen MR) is 76.0 cm³/mol. The molecule has 1 rings (SSSR count). The van der Waals surface area contributed by atoms with Crippen LogP contribution in [-0.4, -0.2) is 17.8 Å². The second-order valence-electron chi connectivity index (χ2n) is 3.71. The zero-order valence-electron chi connectivity index (χ0n) is 9.47. The molecule has 1 unspecified atom stereocenters. The average molecular weight is 339 g/mol. The summed E-state index contributed by atoms with van der Waals surface area (Å²) in [5.41, 5.74) is 0.553. The lowest BCUT2D eigenvalue weighted by Crippen LogP contribution is -2.34. The smallest absolute Gasteiger partial charge is 0.251 e. The highest BCUT2D eigenvalue weighted by Gasteiger charge is 2.12. The fourth-order valence-electron chi connectivity index (χ4n) is 1.46. The van der Waals surface area contributed by atoms with Crippen LogP contribution in [0.4, 0.5) is 0 Å². The van der Waals surface area contributed by atoms with Crippen molar-refractivity contribution < 1.29 is 4.79 Å². The van der Waals surface area contributed by atoms with Crippen molar-refractivity contribution in [3.05, 3.63) is 33.3 Å². The minimum Gasteiger partial charge on any atom is -0.349 e. The van der Waals surface area contributed by atoms with Crippen molar-refractivity contribution >= 4 is 45.0 Å². The third-order valence-electron chi connectivity index (χ3n) is 2.41. The van der Waals surface area contributed by atoms with Crippen LogP contribution in [-0.2, 0) is 0 Å². The van der Waals surface area contributed by atoms with E-state index in [0.717, 1.165) is 17.3 Å². The standard InChI is InChI=1S/C12H14BrCl2NO/c1-2-11(3-4-14)16-12(17)8-5-9(13)7-10(15)6-8/h5-7,11H,2-4H2,1H3,(H,16,17). The first-order valence-corrected chi connectivity index (χ1v) is 7.10. The normalized spacial score (nSPS) is 12.2. The first-order chi connectivity index (χ1) is 8.06. The number of halogens is 3. The molecule has 1 amide bonds. The average Bonchev–Trinajstić information content (AvgIpc) is 2.27. The minimum absolute atomic E-state index is 0.109. The summed E-state index contributed by atoms with van der Waals surface area (Å²) in [4.78, 5) is 12.0. The second kappa shape index (κ2) is 7.24. The lowest BCUT2D eigenvalue weighted by atomic mass is 10.1. The third kappa shape index (κ3) is 4.86. The molecule has 0 aliphatic rings. The van der Waals surface area contributed by atoms with Crippen molar-refractivity contribution in [2.45, 2.75) is 25.8 Å². The Morgan fingerprint density at radius 2 is 2.18 bits per heavy atom. The van der Waals surface area contributed by atoms with Crippen molar-refractivity contribution in [2.75, 3.05) is 5.88 Å². The molecule has 5 heteroatoms. The van der Waals surface area contributed by atoms with Crippen LogP contribution < -0.4 is 5.32 Å². The molecule has 0 fully saturated rings. The summed E-state index contributed by atoms with van der Waals surface area (Å²) in [5.74, 6) is 0.419. The molecule has 0 aliphatic heterocycles. The lowest BCUT2D eigenvalue weighted by Gasteiger charge is -2.15. The lowest BCUT2D eigenvalue weighted by molar-refractivity contribution is 0.0935. The molecule has 1 aromatic rings. The van der Waals surface area contributed by atoms with E-state index in [4.69, 9.17) is 23.2 Å². The van der Waals surface area contributed by atoms with E-state index in [1.165, 1.54) is 0 Å². The van der Waals surface area contributed by atoms with Crippen molar-refractivity contribution in [1.29, 1.82) is 0 Å². The molecule has 17 heavy (non-hydrogen) atoms. The summed E-state index contributed by atoms with van der Waals surface area (Å²) in [6.45, 7) is 2.02. The van der Waals surface area contributed by atoms with Gasteiger partial charge in [0.05, 0.1) is 0 Å². The fraction of sp³-hybridized carbons (Fsp3) is 0.417. The summed E-state index contributed by atoms with van der Waals surface area (Å²) in [7, 11) is 0. The molecule has 0 spiro atoms. The number of carbonyl (C=O) groups is 1. The zero-order valence-corrected chi connectivity index (χ0v) is 12.6. The first kappa shape index (κ1) is 14.8. The number of hydrogen-bond acceptors (Lipinski definition) is 1. The van der Waals surface area contributed by atoms with Crippen LogP contribution in [0.25, 0.3) is 0 Å². The van der Waals surface area contributed by atoms with Gasteiger partial charge in [0.2, 0.25) is 0 Å². The molecule has 1 N–H and O–H groups in total. The summed E-state index contributed by atoms with van der Waals surface area (Å²) in [6.07, 6.45) is 1.63. The van der Waals surface area contributed by atoms with Gasteiger partial charge in [-0.05, 0) is 31.0 Å². The molecular formula is C12H14BrCl2NO. The number of rotatable bonds is 5. The molecule has 0 aromatic heterocycles. The Morgan fingerprint density at radius 3 is 2.71 bits per heavy atom. The van der Waals surface area contributed by atoms with Crippen LogP contribution in [0.2, 0.25) is 5.02 Å². The number of nitrogens with one attached hydrogen (secondary N) is 1. The number of benzene rings is 1. The maximum atomic E-state index is 12.0. The number of hydrogen-bond donors (Lipinski definition) is 1. The monoisotopic (exact) mass is 337 g/mol. The van der Waals surface area contributed by atoms with Gasteiger partial charge in [-0.1, -0.05) is 34.5 Å². The zero-order chi connectivity index (χ0) is 12.8. The van der Waals surface area contributed by atoms with E-state index in [1.807, 2.05) is 6.92 Å². The highest BCUT2D eigenvalue weighted by molar-refractivity contribution is 9.10. The van der Waals surface area contributed by atoms with E-state index in [-0.39, 0.29) is 11.9 Å². The van der Waals surface area contributed by atoms with Gasteiger partial charge in [-0.25, -0.2) is 0 Å². The number of alkyl halides is 1. The first-order valence-electron chi connectivity index (χ1n) is 5.39. The second-order valence-corrected chi connectivity index (χ2v) is 5.44. The van der Waals surface area contributed by atoms with Crippen molar-refractivity contribution in [3.63, 3.8) is 0 Å². The van der Waals surface area contributed by atoms with Gasteiger partial charge in [0.1, 0.15) is 0 Å². The summed E-state index contributed by atoms with van der Waals surface area (Å²) >= 11 is 14.9. The topological polar surface area (TPSA) is 29.1 Å². The van der Waals surface area contributed by atoms with E-state index in [1.54, 1.807) is 18.2 Å². The predicted octanol–water partition coefficient (Wildman–Crippen LogP) is 4.24. The van der Waals surface area contributed by atoms with E-state index in [9.17, 15) is 4.79 Å². The Morgan fingerprint density at radius 1 is 1.47 bits per heavy atom. The molecule has 2 nitrogen and oxygen atoms in total. The van der Waals surface area contributed by atoms with Crippen LogP contribution in [0.1, 0.15) is 30.1 Å². The van der Waals surface area contributed by atoms with Gasteiger partial charge >= 0.3 is 0 Å². The van der Waals surface area contributed by atoms with Gasteiger partial charge in [0.25, 0.3) is 5.91 Å². The Hall–Kier alpha value is -0.250. The van der Waals surface area contributed by atoms with Crippen LogP contribution >= 0.6 is 39.1 Å². The Bertz CT molecular complexity index is 378. The van der Waals surface area contributed by atoms with Gasteiger partial charge in [-0.3, -0.25) is 4.79 Å². The molecule has 0 saturated carbocycles.